The Bertz CT molecular complexity index is 1020. The van der Waals surface area contributed by atoms with Gasteiger partial charge in [0.15, 0.2) is 5.82 Å². The van der Waals surface area contributed by atoms with Crippen LogP contribution in [-0.4, -0.2) is 44.1 Å². The number of aromatic amines is 2. The molecule has 2 heterocycles. The van der Waals surface area contributed by atoms with Gasteiger partial charge in [-0.25, -0.2) is 4.98 Å². The molecular weight excluding hydrogens is 400 g/mol. The second kappa shape index (κ2) is 14.8. The van der Waals surface area contributed by atoms with Crippen molar-refractivity contribution in [3.8, 4) is 28.4 Å². The van der Waals surface area contributed by atoms with Gasteiger partial charge in [-0.05, 0) is 62.8 Å². The summed E-state index contributed by atoms with van der Waals surface area (Å²) in [6.45, 7) is 13.4. The quantitative estimate of drug-likeness (QED) is 0.282. The molecule has 0 bridgehead atoms. The number of hydrogen-bond donors (Lipinski definition) is 4. The van der Waals surface area contributed by atoms with Crippen LogP contribution in [0, 0.1) is 6.92 Å². The van der Waals surface area contributed by atoms with E-state index in [9.17, 15) is 5.11 Å². The fraction of sp³-hybridized carbons (Fsp3) is 0.400. The highest BCUT2D eigenvalue weighted by atomic mass is 16.3. The zero-order valence-electron chi connectivity index (χ0n) is 20.5. The van der Waals surface area contributed by atoms with E-state index in [-0.39, 0.29) is 5.75 Å². The van der Waals surface area contributed by atoms with Gasteiger partial charge in [0.05, 0.1) is 5.52 Å². The van der Waals surface area contributed by atoms with Gasteiger partial charge in [-0.3, -0.25) is 10.2 Å². The van der Waals surface area contributed by atoms with Crippen LogP contribution >= 0.6 is 0 Å². The Kier molecular flexibility index (Phi) is 12.4. The zero-order chi connectivity index (χ0) is 23.9. The maximum absolute atomic E-state index is 9.75. The predicted molar refractivity (Wildman–Crippen MR) is 135 cm³/mol. The lowest BCUT2D eigenvalue weighted by atomic mass is 10.0. The number of unbranched alkanes of at least 4 members (excludes halogenated alkanes) is 1. The maximum Gasteiger partial charge on any atom is 0.155 e. The van der Waals surface area contributed by atoms with Crippen molar-refractivity contribution in [2.24, 2.45) is 0 Å². The van der Waals surface area contributed by atoms with Crippen LogP contribution in [0.15, 0.2) is 42.7 Å². The Morgan fingerprint density at radius 1 is 1.00 bits per heavy atom. The van der Waals surface area contributed by atoms with Crippen molar-refractivity contribution in [2.75, 3.05) is 13.6 Å². The Labute approximate surface area is 191 Å². The van der Waals surface area contributed by atoms with Gasteiger partial charge in [-0.2, -0.15) is 10.2 Å². The molecule has 4 aromatic rings. The molecule has 0 radical (unpaired) electrons. The van der Waals surface area contributed by atoms with Gasteiger partial charge < -0.3 is 10.4 Å². The van der Waals surface area contributed by atoms with Crippen LogP contribution in [0.4, 0.5) is 0 Å². The fourth-order valence-electron chi connectivity index (χ4n) is 2.93. The van der Waals surface area contributed by atoms with Gasteiger partial charge in [0.1, 0.15) is 17.8 Å². The van der Waals surface area contributed by atoms with Crippen molar-refractivity contribution >= 4 is 10.9 Å². The summed E-state index contributed by atoms with van der Waals surface area (Å²) in [6, 6.07) is 11.2. The van der Waals surface area contributed by atoms with Gasteiger partial charge in [0.25, 0.3) is 0 Å². The lowest BCUT2D eigenvalue weighted by Gasteiger charge is -2.04. The van der Waals surface area contributed by atoms with Crippen LogP contribution in [0.3, 0.4) is 0 Å². The van der Waals surface area contributed by atoms with Crippen LogP contribution in [0.1, 0.15) is 53.0 Å². The number of aryl methyl sites for hydroxylation is 1. The first-order valence-electron chi connectivity index (χ1n) is 11.4. The number of aromatic hydroxyl groups is 1. The van der Waals surface area contributed by atoms with E-state index >= 15 is 0 Å². The molecule has 0 aliphatic heterocycles. The molecule has 0 aliphatic carbocycles. The molecule has 0 fully saturated rings. The third-order valence-electron chi connectivity index (χ3n) is 4.51. The molecule has 7 nitrogen and oxygen atoms in total. The lowest BCUT2D eigenvalue weighted by molar-refractivity contribution is 0.475. The molecular formula is C25H38N6O. The van der Waals surface area contributed by atoms with Crippen molar-refractivity contribution < 1.29 is 5.11 Å². The van der Waals surface area contributed by atoms with Crippen molar-refractivity contribution in [3.63, 3.8) is 0 Å². The molecule has 2 aromatic heterocycles. The van der Waals surface area contributed by atoms with Crippen LogP contribution in [0.5, 0.6) is 5.75 Å². The lowest BCUT2D eigenvalue weighted by Crippen LogP contribution is -2.06. The van der Waals surface area contributed by atoms with Crippen LogP contribution in [0.25, 0.3) is 33.5 Å². The van der Waals surface area contributed by atoms with Gasteiger partial charge >= 0.3 is 0 Å². The van der Waals surface area contributed by atoms with E-state index in [1.807, 2.05) is 65.9 Å². The minimum Gasteiger partial charge on any atom is -0.508 e. The van der Waals surface area contributed by atoms with Crippen molar-refractivity contribution in [2.45, 2.75) is 54.4 Å². The molecule has 4 rings (SSSR count). The van der Waals surface area contributed by atoms with E-state index in [2.05, 4.69) is 37.6 Å². The number of H-pyrrole nitrogens is 2. The minimum atomic E-state index is 0.225. The predicted octanol–water partition coefficient (Wildman–Crippen LogP) is 6.09. The molecule has 0 saturated heterocycles. The molecule has 174 valence electrons. The summed E-state index contributed by atoms with van der Waals surface area (Å²) in [5.74, 6) is 0.935. The summed E-state index contributed by atoms with van der Waals surface area (Å²) < 4.78 is 0. The van der Waals surface area contributed by atoms with E-state index in [0.29, 0.717) is 5.82 Å². The monoisotopic (exact) mass is 438 g/mol. The van der Waals surface area contributed by atoms with E-state index in [4.69, 9.17) is 0 Å². The largest absolute Gasteiger partial charge is 0.508 e. The smallest absolute Gasteiger partial charge is 0.155 e. The average molecular weight is 439 g/mol. The van der Waals surface area contributed by atoms with Crippen molar-refractivity contribution in [1.29, 1.82) is 0 Å². The normalized spacial score (nSPS) is 9.72. The Morgan fingerprint density at radius 3 is 2.34 bits per heavy atom. The summed E-state index contributed by atoms with van der Waals surface area (Å²) in [7, 11) is 1.98. The van der Waals surface area contributed by atoms with Crippen LogP contribution < -0.4 is 5.32 Å². The first kappa shape index (κ1) is 26.8. The molecule has 0 unspecified atom stereocenters. The van der Waals surface area contributed by atoms with Crippen molar-refractivity contribution in [3.05, 3.63) is 48.3 Å². The first-order chi connectivity index (χ1) is 15.6. The van der Waals surface area contributed by atoms with Crippen LogP contribution in [0.2, 0.25) is 0 Å². The Morgan fingerprint density at radius 2 is 1.75 bits per heavy atom. The SMILES string of the molecule is CC.CC.CCCCNC.Cc1ccc(O)cc1-c1n[nH]c2ccc(-c3ncn[nH]3)cc12. The third-order valence-corrected chi connectivity index (χ3v) is 4.51. The number of phenolic OH excluding ortho intramolecular Hbond substituents is 1. The topological polar surface area (TPSA) is 103 Å². The number of phenols is 1. The highest BCUT2D eigenvalue weighted by molar-refractivity contribution is 5.96. The maximum atomic E-state index is 9.75. The summed E-state index contributed by atoms with van der Waals surface area (Å²) in [5.41, 5.74) is 4.63. The molecule has 0 atom stereocenters. The second-order valence-electron chi connectivity index (χ2n) is 6.62. The third kappa shape index (κ3) is 7.20. The fourth-order valence-corrected chi connectivity index (χ4v) is 2.93. The number of aromatic nitrogens is 5. The van der Waals surface area contributed by atoms with Gasteiger partial charge in [0, 0.05) is 16.5 Å². The van der Waals surface area contributed by atoms with E-state index in [1.54, 1.807) is 12.1 Å². The highest BCUT2D eigenvalue weighted by Gasteiger charge is 2.13. The molecule has 7 heteroatoms. The number of rotatable bonds is 5. The summed E-state index contributed by atoms with van der Waals surface area (Å²) >= 11 is 0. The van der Waals surface area contributed by atoms with Crippen molar-refractivity contribution in [1.82, 2.24) is 30.7 Å². The molecule has 0 amide bonds. The van der Waals surface area contributed by atoms with Gasteiger partial charge in [-0.15, -0.1) is 0 Å². The van der Waals surface area contributed by atoms with Gasteiger partial charge in [0.2, 0.25) is 0 Å². The number of nitrogens with zero attached hydrogens (tertiary/aromatic N) is 3. The number of fused-ring (bicyclic) bond motifs is 1. The Balaban J connectivity index is 0.000000441. The average Bonchev–Trinajstić information content (AvgIpc) is 3.52. The van der Waals surface area contributed by atoms with Crippen LogP contribution in [-0.2, 0) is 0 Å². The number of nitrogens with one attached hydrogen (secondary N) is 3. The first-order valence-corrected chi connectivity index (χ1v) is 11.4. The summed E-state index contributed by atoms with van der Waals surface area (Å²) in [5, 5.41) is 28.0. The number of hydrogen-bond acceptors (Lipinski definition) is 5. The summed E-state index contributed by atoms with van der Waals surface area (Å²) in [4.78, 5) is 4.17. The van der Waals surface area contributed by atoms with E-state index in [0.717, 1.165) is 39.8 Å². The molecule has 0 spiro atoms. The molecule has 0 aliphatic rings. The minimum absolute atomic E-state index is 0.225. The molecule has 2 aromatic carbocycles. The molecule has 4 N–H and O–H groups in total. The molecule has 32 heavy (non-hydrogen) atoms. The zero-order valence-corrected chi connectivity index (χ0v) is 20.5. The molecule has 0 saturated carbocycles. The Hall–Kier alpha value is -3.19. The van der Waals surface area contributed by atoms with E-state index < -0.39 is 0 Å². The second-order valence-corrected chi connectivity index (χ2v) is 6.62. The number of benzene rings is 2. The summed E-state index contributed by atoms with van der Waals surface area (Å²) in [6.07, 6.45) is 4.08. The highest BCUT2D eigenvalue weighted by Crippen LogP contribution is 2.32. The van der Waals surface area contributed by atoms with Gasteiger partial charge in [-0.1, -0.05) is 47.1 Å². The van der Waals surface area contributed by atoms with E-state index in [1.165, 1.54) is 19.2 Å². The standard InChI is InChI=1S/C16H13N5O.C5H13N.2C2H6/c1-9-2-4-11(22)7-12(9)15-13-6-10(16-17-8-18-21-16)3-5-14(13)19-20-15;1-3-4-5-6-2;2*1-2/h2-8,22H,1H3,(H,19,20)(H,17,18,21);6H,3-5H2,1-2H3;2*1-2H3.